The van der Waals surface area contributed by atoms with Crippen LogP contribution in [0.25, 0.3) is 11.0 Å². The number of aromatic nitrogens is 2. The van der Waals surface area contributed by atoms with Crippen LogP contribution >= 0.6 is 0 Å². The van der Waals surface area contributed by atoms with Crippen LogP contribution in [-0.4, -0.2) is 59.3 Å². The van der Waals surface area contributed by atoms with Gasteiger partial charge in [-0.25, -0.2) is 14.8 Å². The lowest BCUT2D eigenvalue weighted by Gasteiger charge is -2.38. The molecule has 3 rings (SSSR count). The number of hydrogen-bond donors (Lipinski definition) is 0. The van der Waals surface area contributed by atoms with Crippen LogP contribution in [0.2, 0.25) is 0 Å². The molecule has 1 saturated heterocycles. The fourth-order valence-electron chi connectivity index (χ4n) is 3.61. The minimum atomic E-state index is -0.503. The van der Waals surface area contributed by atoms with Gasteiger partial charge in [-0.2, -0.15) is 0 Å². The van der Waals surface area contributed by atoms with E-state index in [2.05, 4.69) is 4.98 Å². The molecule has 2 aromatic rings. The largest absolute Gasteiger partial charge is 0.475 e. The molecule has 0 aliphatic carbocycles. The lowest BCUT2D eigenvalue weighted by atomic mass is 10.0. The van der Waals surface area contributed by atoms with Crippen molar-refractivity contribution in [2.24, 2.45) is 0 Å². The van der Waals surface area contributed by atoms with E-state index in [0.717, 1.165) is 36.8 Å². The fraction of sp³-hybridized carbons (Fsp3) is 0.591. The Balaban J connectivity index is 1.82. The quantitative estimate of drug-likeness (QED) is 0.747. The van der Waals surface area contributed by atoms with E-state index in [4.69, 9.17) is 14.5 Å². The van der Waals surface area contributed by atoms with Gasteiger partial charge < -0.3 is 19.3 Å². The van der Waals surface area contributed by atoms with Gasteiger partial charge in [0.15, 0.2) is 5.82 Å². The third-order valence-electron chi connectivity index (χ3n) is 4.90. The molecule has 0 radical (unpaired) electrons. The maximum Gasteiger partial charge on any atom is 0.410 e. The Labute approximate surface area is 173 Å². The van der Waals surface area contributed by atoms with Crippen molar-refractivity contribution in [3.8, 4) is 5.88 Å². The van der Waals surface area contributed by atoms with Crippen molar-refractivity contribution in [1.29, 1.82) is 0 Å². The molecule has 0 spiro atoms. The molecule has 1 aliphatic rings. The molecule has 1 aromatic heterocycles. The van der Waals surface area contributed by atoms with Crippen molar-refractivity contribution in [2.45, 2.75) is 58.6 Å². The molecule has 7 nitrogen and oxygen atoms in total. The standard InChI is InChI=1S/C22H32N4O3/c1-6-28-20-19(23-17-12-7-8-13-18(17)24-20)25(5)15-16-11-9-10-14-26(16)21(27)29-22(2,3)4/h7-8,12-13,16H,6,9-11,14-15H2,1-5H3/t16-/m1/s1. The molecular formula is C22H32N4O3. The van der Waals surface area contributed by atoms with Crippen LogP contribution in [0.3, 0.4) is 0 Å². The zero-order valence-corrected chi connectivity index (χ0v) is 18.1. The maximum atomic E-state index is 12.7. The third kappa shape index (κ3) is 5.28. The summed E-state index contributed by atoms with van der Waals surface area (Å²) in [5.41, 5.74) is 1.13. The van der Waals surface area contributed by atoms with Gasteiger partial charge in [0.1, 0.15) is 5.60 Å². The molecule has 29 heavy (non-hydrogen) atoms. The van der Waals surface area contributed by atoms with E-state index in [1.54, 1.807) is 0 Å². The summed E-state index contributed by atoms with van der Waals surface area (Å²) in [6.45, 7) is 9.51. The fourth-order valence-corrected chi connectivity index (χ4v) is 3.61. The normalized spacial score (nSPS) is 17.3. The Hall–Kier alpha value is -2.57. The summed E-state index contributed by atoms with van der Waals surface area (Å²) in [5.74, 6) is 1.22. The Morgan fingerprint density at radius 2 is 1.90 bits per heavy atom. The van der Waals surface area contributed by atoms with Crippen LogP contribution < -0.4 is 9.64 Å². The first-order chi connectivity index (χ1) is 13.8. The van der Waals surface area contributed by atoms with Crippen molar-refractivity contribution in [2.75, 3.05) is 31.6 Å². The highest BCUT2D eigenvalue weighted by molar-refractivity contribution is 5.77. The Kier molecular flexibility index (Phi) is 6.45. The Morgan fingerprint density at radius 1 is 1.21 bits per heavy atom. The van der Waals surface area contributed by atoms with E-state index >= 15 is 0 Å². The van der Waals surface area contributed by atoms with Gasteiger partial charge in [-0.15, -0.1) is 0 Å². The van der Waals surface area contributed by atoms with E-state index < -0.39 is 5.60 Å². The second-order valence-electron chi connectivity index (χ2n) is 8.48. The van der Waals surface area contributed by atoms with E-state index in [0.29, 0.717) is 24.8 Å². The number of likely N-dealkylation sites (N-methyl/N-ethyl adjacent to an activating group) is 1. The zero-order chi connectivity index (χ0) is 21.0. The van der Waals surface area contributed by atoms with Crippen molar-refractivity contribution >= 4 is 22.9 Å². The van der Waals surface area contributed by atoms with Crippen molar-refractivity contribution < 1.29 is 14.3 Å². The number of benzene rings is 1. The topological polar surface area (TPSA) is 67.8 Å². The molecule has 0 unspecified atom stereocenters. The average Bonchev–Trinajstić information content (AvgIpc) is 2.66. The predicted octanol–water partition coefficient (Wildman–Crippen LogP) is 4.25. The molecule has 1 fully saturated rings. The number of ether oxygens (including phenoxy) is 2. The number of piperidine rings is 1. The summed E-state index contributed by atoms with van der Waals surface area (Å²) in [6, 6.07) is 7.83. The summed E-state index contributed by atoms with van der Waals surface area (Å²) in [6.07, 6.45) is 2.79. The van der Waals surface area contributed by atoms with Crippen molar-refractivity contribution in [3.63, 3.8) is 0 Å². The lowest BCUT2D eigenvalue weighted by molar-refractivity contribution is 0.0108. The molecule has 1 atom stereocenters. The second-order valence-corrected chi connectivity index (χ2v) is 8.48. The van der Waals surface area contributed by atoms with E-state index in [-0.39, 0.29) is 12.1 Å². The summed E-state index contributed by atoms with van der Waals surface area (Å²) in [5, 5.41) is 0. The molecule has 158 valence electrons. The number of hydrogen-bond acceptors (Lipinski definition) is 6. The maximum absolute atomic E-state index is 12.7. The molecule has 1 aliphatic heterocycles. The molecule has 0 bridgehead atoms. The summed E-state index contributed by atoms with van der Waals surface area (Å²) >= 11 is 0. The highest BCUT2D eigenvalue weighted by Crippen LogP contribution is 2.28. The van der Waals surface area contributed by atoms with Crippen LogP contribution in [0.15, 0.2) is 24.3 Å². The van der Waals surface area contributed by atoms with E-state index in [9.17, 15) is 4.79 Å². The van der Waals surface area contributed by atoms with Gasteiger partial charge in [0, 0.05) is 20.1 Å². The van der Waals surface area contributed by atoms with Crippen LogP contribution in [0, 0.1) is 0 Å². The van der Waals surface area contributed by atoms with Crippen LogP contribution in [0.1, 0.15) is 47.0 Å². The number of likely N-dealkylation sites (tertiary alicyclic amines) is 1. The van der Waals surface area contributed by atoms with Gasteiger partial charge >= 0.3 is 6.09 Å². The predicted molar refractivity (Wildman–Crippen MR) is 115 cm³/mol. The first-order valence-corrected chi connectivity index (χ1v) is 10.4. The van der Waals surface area contributed by atoms with Gasteiger partial charge in [-0.3, -0.25) is 0 Å². The number of carbonyl (C=O) groups excluding carboxylic acids is 1. The van der Waals surface area contributed by atoms with Gasteiger partial charge in [0.2, 0.25) is 0 Å². The minimum Gasteiger partial charge on any atom is -0.475 e. The number of amides is 1. The second kappa shape index (κ2) is 8.84. The Bertz CT molecular complexity index is 850. The number of rotatable bonds is 5. The molecule has 2 heterocycles. The molecule has 1 aromatic carbocycles. The van der Waals surface area contributed by atoms with Crippen LogP contribution in [-0.2, 0) is 4.74 Å². The monoisotopic (exact) mass is 400 g/mol. The zero-order valence-electron chi connectivity index (χ0n) is 18.1. The summed E-state index contributed by atoms with van der Waals surface area (Å²) < 4.78 is 11.4. The highest BCUT2D eigenvalue weighted by Gasteiger charge is 2.32. The first-order valence-electron chi connectivity index (χ1n) is 10.4. The molecule has 0 N–H and O–H groups in total. The highest BCUT2D eigenvalue weighted by atomic mass is 16.6. The van der Waals surface area contributed by atoms with Crippen molar-refractivity contribution in [3.05, 3.63) is 24.3 Å². The van der Waals surface area contributed by atoms with Gasteiger partial charge in [-0.1, -0.05) is 12.1 Å². The minimum absolute atomic E-state index is 0.0614. The van der Waals surface area contributed by atoms with E-state index in [1.807, 2.05) is 68.8 Å². The van der Waals surface area contributed by atoms with Gasteiger partial charge in [0.05, 0.1) is 23.7 Å². The number of nitrogens with zero attached hydrogens (tertiary/aromatic N) is 4. The SMILES string of the molecule is CCOc1nc2ccccc2nc1N(C)C[C@H]1CCCCN1C(=O)OC(C)(C)C. The summed E-state index contributed by atoms with van der Waals surface area (Å²) in [4.78, 5) is 26.1. The number of para-hydroxylation sites is 2. The van der Waals surface area contributed by atoms with Gasteiger partial charge in [-0.05, 0) is 59.1 Å². The van der Waals surface area contributed by atoms with E-state index in [1.165, 1.54) is 0 Å². The van der Waals surface area contributed by atoms with Crippen LogP contribution in [0.4, 0.5) is 10.6 Å². The lowest BCUT2D eigenvalue weighted by Crippen LogP contribution is -2.50. The smallest absolute Gasteiger partial charge is 0.410 e. The average molecular weight is 401 g/mol. The molecule has 0 saturated carbocycles. The summed E-state index contributed by atoms with van der Waals surface area (Å²) in [7, 11) is 1.98. The number of carbonyl (C=O) groups is 1. The van der Waals surface area contributed by atoms with Crippen LogP contribution in [0.5, 0.6) is 5.88 Å². The number of fused-ring (bicyclic) bond motifs is 1. The molecule has 1 amide bonds. The molecule has 7 heteroatoms. The first kappa shape index (κ1) is 21.1. The third-order valence-corrected chi connectivity index (χ3v) is 4.90. The molecular weight excluding hydrogens is 368 g/mol. The Morgan fingerprint density at radius 3 is 2.55 bits per heavy atom. The number of anilines is 1. The van der Waals surface area contributed by atoms with Crippen molar-refractivity contribution in [1.82, 2.24) is 14.9 Å². The van der Waals surface area contributed by atoms with Gasteiger partial charge in [0.25, 0.3) is 5.88 Å².